The van der Waals surface area contributed by atoms with Crippen molar-refractivity contribution in [2.75, 3.05) is 0 Å². The number of halogens is 2. The van der Waals surface area contributed by atoms with Gasteiger partial charge in [0.05, 0.1) is 10.0 Å². The third-order valence-electron chi connectivity index (χ3n) is 1.68. The van der Waals surface area contributed by atoms with E-state index in [1.54, 1.807) is 24.3 Å². The van der Waals surface area contributed by atoms with E-state index in [2.05, 4.69) is 23.1 Å². The molecule has 1 amide bonds. The molecular formula is C10H9Cl2N3OS. The van der Waals surface area contributed by atoms with E-state index < -0.39 is 0 Å². The first-order valence-corrected chi connectivity index (χ1v) is 5.64. The quantitative estimate of drug-likeness (QED) is 0.442. The molecule has 0 aliphatic rings. The van der Waals surface area contributed by atoms with Crippen molar-refractivity contribution >= 4 is 52.5 Å². The molecule has 0 saturated heterocycles. The van der Waals surface area contributed by atoms with Crippen molar-refractivity contribution in [3.8, 4) is 0 Å². The minimum atomic E-state index is -0.385. The Bertz CT molecular complexity index is 477. The molecule has 0 heterocycles. The van der Waals surface area contributed by atoms with E-state index >= 15 is 0 Å². The summed E-state index contributed by atoms with van der Waals surface area (Å²) in [4.78, 5) is 11.2. The summed E-state index contributed by atoms with van der Waals surface area (Å²) >= 11 is 16.1. The highest BCUT2D eigenvalue weighted by Crippen LogP contribution is 2.22. The molecule has 0 aliphatic carbocycles. The lowest BCUT2D eigenvalue weighted by Crippen LogP contribution is -2.43. The fraction of sp³-hybridized carbons (Fsp3) is 0. The Labute approximate surface area is 114 Å². The van der Waals surface area contributed by atoms with Crippen molar-refractivity contribution in [1.29, 1.82) is 0 Å². The van der Waals surface area contributed by atoms with Crippen molar-refractivity contribution in [1.82, 2.24) is 10.9 Å². The van der Waals surface area contributed by atoms with Crippen LogP contribution in [-0.4, -0.2) is 11.0 Å². The molecule has 0 radical (unpaired) electrons. The van der Waals surface area contributed by atoms with Gasteiger partial charge in [0.1, 0.15) is 0 Å². The molecule has 0 spiro atoms. The van der Waals surface area contributed by atoms with Gasteiger partial charge in [-0.15, -0.1) is 0 Å². The maximum absolute atomic E-state index is 11.2. The van der Waals surface area contributed by atoms with Gasteiger partial charge in [-0.2, -0.15) is 0 Å². The number of hydrogen-bond donors (Lipinski definition) is 3. The van der Waals surface area contributed by atoms with Crippen LogP contribution in [0.1, 0.15) is 5.56 Å². The minimum absolute atomic E-state index is 0.0127. The molecule has 1 rings (SSSR count). The predicted molar refractivity (Wildman–Crippen MR) is 73.6 cm³/mol. The fourth-order valence-corrected chi connectivity index (χ4v) is 1.31. The second-order valence-corrected chi connectivity index (χ2v) is 4.24. The van der Waals surface area contributed by atoms with Crippen LogP contribution in [0.3, 0.4) is 0 Å². The molecule has 0 bridgehead atoms. The van der Waals surface area contributed by atoms with Gasteiger partial charge >= 0.3 is 0 Å². The number of nitrogens with one attached hydrogen (secondary N) is 2. The fourth-order valence-electron chi connectivity index (χ4n) is 0.953. The summed E-state index contributed by atoms with van der Waals surface area (Å²) in [6.45, 7) is 0. The first-order valence-electron chi connectivity index (χ1n) is 4.47. The number of carbonyl (C=O) groups excluding carboxylic acids is 1. The minimum Gasteiger partial charge on any atom is -0.375 e. The second-order valence-electron chi connectivity index (χ2n) is 2.99. The number of thiocarbonyl (C=S) groups is 1. The van der Waals surface area contributed by atoms with Gasteiger partial charge in [-0.3, -0.25) is 15.6 Å². The first kappa shape index (κ1) is 13.8. The van der Waals surface area contributed by atoms with Crippen molar-refractivity contribution in [3.63, 3.8) is 0 Å². The van der Waals surface area contributed by atoms with E-state index in [0.717, 1.165) is 5.56 Å². The van der Waals surface area contributed by atoms with Crippen LogP contribution in [0, 0.1) is 0 Å². The van der Waals surface area contributed by atoms with E-state index in [-0.39, 0.29) is 11.0 Å². The maximum Gasteiger partial charge on any atom is 0.262 e. The standard InChI is InChI=1S/C10H9Cl2N3OS/c11-7-3-1-6(5-8(7)12)2-4-9(16)14-15-10(13)17/h1-5H,(H,14,16)(H3,13,15,17)/b4-2+. The third kappa shape index (κ3) is 5.04. The number of hydrazine groups is 1. The van der Waals surface area contributed by atoms with Crippen LogP contribution >= 0.6 is 35.4 Å². The molecule has 0 fully saturated rings. The average molecular weight is 290 g/mol. The Balaban J connectivity index is 2.61. The number of benzene rings is 1. The zero-order valence-corrected chi connectivity index (χ0v) is 10.9. The Morgan fingerprint density at radius 1 is 1.29 bits per heavy atom. The molecule has 0 saturated carbocycles. The van der Waals surface area contributed by atoms with Crippen molar-refractivity contribution in [2.24, 2.45) is 5.73 Å². The van der Waals surface area contributed by atoms with Crippen LogP contribution in [0.2, 0.25) is 10.0 Å². The van der Waals surface area contributed by atoms with E-state index in [9.17, 15) is 4.79 Å². The van der Waals surface area contributed by atoms with E-state index in [1.807, 2.05) is 0 Å². The van der Waals surface area contributed by atoms with Crippen LogP contribution in [0.25, 0.3) is 6.08 Å². The lowest BCUT2D eigenvalue weighted by atomic mass is 10.2. The Morgan fingerprint density at radius 3 is 2.59 bits per heavy atom. The molecule has 0 unspecified atom stereocenters. The molecular weight excluding hydrogens is 281 g/mol. The van der Waals surface area contributed by atoms with Gasteiger partial charge in [-0.25, -0.2) is 0 Å². The highest BCUT2D eigenvalue weighted by Gasteiger charge is 1.98. The number of nitrogens with two attached hydrogens (primary N) is 1. The highest BCUT2D eigenvalue weighted by molar-refractivity contribution is 7.80. The molecule has 7 heteroatoms. The Hall–Kier alpha value is -1.30. The summed E-state index contributed by atoms with van der Waals surface area (Å²) in [7, 11) is 0. The number of hydrogen-bond acceptors (Lipinski definition) is 2. The van der Waals surface area contributed by atoms with Crippen LogP contribution in [-0.2, 0) is 4.79 Å². The van der Waals surface area contributed by atoms with Crippen molar-refractivity contribution < 1.29 is 4.79 Å². The SMILES string of the molecule is NC(=S)NNC(=O)/C=C/c1ccc(Cl)c(Cl)c1. The zero-order valence-electron chi connectivity index (χ0n) is 8.54. The molecule has 4 N–H and O–H groups in total. The molecule has 0 aliphatic heterocycles. The van der Waals surface area contributed by atoms with Crippen molar-refractivity contribution in [2.45, 2.75) is 0 Å². The van der Waals surface area contributed by atoms with Gasteiger partial charge in [0.15, 0.2) is 5.11 Å². The van der Waals surface area contributed by atoms with Crippen LogP contribution in [0.15, 0.2) is 24.3 Å². The normalized spacial score (nSPS) is 10.2. The average Bonchev–Trinajstić information content (AvgIpc) is 2.28. The Kier molecular flexibility index (Phi) is 5.21. The summed E-state index contributed by atoms with van der Waals surface area (Å²) in [6, 6.07) is 5.03. The van der Waals surface area contributed by atoms with Crippen LogP contribution in [0.4, 0.5) is 0 Å². The van der Waals surface area contributed by atoms with Crippen molar-refractivity contribution in [3.05, 3.63) is 39.9 Å². The number of amides is 1. The topological polar surface area (TPSA) is 67.2 Å². The monoisotopic (exact) mass is 289 g/mol. The third-order valence-corrected chi connectivity index (χ3v) is 2.52. The number of rotatable bonds is 2. The van der Waals surface area contributed by atoms with Gasteiger partial charge in [-0.05, 0) is 36.0 Å². The second kappa shape index (κ2) is 6.44. The van der Waals surface area contributed by atoms with Gasteiger partial charge in [0, 0.05) is 6.08 Å². The smallest absolute Gasteiger partial charge is 0.262 e. The van der Waals surface area contributed by atoms with Gasteiger partial charge < -0.3 is 5.73 Å². The predicted octanol–water partition coefficient (Wildman–Crippen LogP) is 1.87. The largest absolute Gasteiger partial charge is 0.375 e. The van der Waals surface area contributed by atoms with E-state index in [0.29, 0.717) is 10.0 Å². The maximum atomic E-state index is 11.2. The van der Waals surface area contributed by atoms with Gasteiger partial charge in [0.2, 0.25) is 0 Å². The summed E-state index contributed by atoms with van der Waals surface area (Å²) in [6.07, 6.45) is 2.89. The summed E-state index contributed by atoms with van der Waals surface area (Å²) in [5.41, 5.74) is 10.5. The lowest BCUT2D eigenvalue weighted by Gasteiger charge is -2.02. The summed E-state index contributed by atoms with van der Waals surface area (Å²) < 4.78 is 0. The first-order chi connectivity index (χ1) is 7.99. The summed E-state index contributed by atoms with van der Waals surface area (Å²) in [5, 5.41) is 0.875. The molecule has 0 atom stereocenters. The lowest BCUT2D eigenvalue weighted by molar-refractivity contribution is -0.116. The Morgan fingerprint density at radius 2 is 2.00 bits per heavy atom. The molecule has 1 aromatic rings. The van der Waals surface area contributed by atoms with Crippen LogP contribution in [0.5, 0.6) is 0 Å². The molecule has 1 aromatic carbocycles. The highest BCUT2D eigenvalue weighted by atomic mass is 35.5. The van der Waals surface area contributed by atoms with Gasteiger partial charge in [-0.1, -0.05) is 29.3 Å². The van der Waals surface area contributed by atoms with Gasteiger partial charge in [0.25, 0.3) is 5.91 Å². The van der Waals surface area contributed by atoms with E-state index in [4.69, 9.17) is 28.9 Å². The summed E-state index contributed by atoms with van der Waals surface area (Å²) in [5.74, 6) is -0.385. The molecule has 17 heavy (non-hydrogen) atoms. The number of carbonyl (C=O) groups is 1. The molecule has 90 valence electrons. The molecule has 0 aromatic heterocycles. The van der Waals surface area contributed by atoms with E-state index in [1.165, 1.54) is 6.08 Å². The molecule has 4 nitrogen and oxygen atoms in total. The van der Waals surface area contributed by atoms with Crippen LogP contribution < -0.4 is 16.6 Å². The zero-order chi connectivity index (χ0) is 12.8.